The summed E-state index contributed by atoms with van der Waals surface area (Å²) in [6.07, 6.45) is 0. The molecule has 19 heavy (non-hydrogen) atoms. The number of rotatable bonds is 2. The van der Waals surface area contributed by atoms with Crippen molar-refractivity contribution in [3.63, 3.8) is 0 Å². The molecule has 1 aromatic carbocycles. The Morgan fingerprint density at radius 2 is 1.53 bits per heavy atom. The number of amidine groups is 1. The standard InChI is InChI=1S/C16H24N2S/c1-9-7-17-16(18-9)19-8-15-13(5)11(3)10(2)12(4)14(15)6/h9H,7-8H2,1-6H3,(H,17,18). The highest BCUT2D eigenvalue weighted by atomic mass is 32.2. The summed E-state index contributed by atoms with van der Waals surface area (Å²) in [5.74, 6) is 1.01. The topological polar surface area (TPSA) is 24.4 Å². The molecule has 1 atom stereocenters. The van der Waals surface area contributed by atoms with Crippen molar-refractivity contribution in [1.82, 2.24) is 5.32 Å². The van der Waals surface area contributed by atoms with Crippen LogP contribution in [0.4, 0.5) is 0 Å². The summed E-state index contributed by atoms with van der Waals surface area (Å²) in [4.78, 5) is 4.52. The molecule has 2 nitrogen and oxygen atoms in total. The Kier molecular flexibility index (Phi) is 4.24. The largest absolute Gasteiger partial charge is 0.361 e. The third-order valence-electron chi connectivity index (χ3n) is 4.39. The lowest BCUT2D eigenvalue weighted by Crippen LogP contribution is -2.25. The summed E-state index contributed by atoms with van der Waals surface area (Å²) < 4.78 is 0. The first-order chi connectivity index (χ1) is 8.91. The molecular formula is C16H24N2S. The lowest BCUT2D eigenvalue weighted by molar-refractivity contribution is 0.728. The van der Waals surface area contributed by atoms with Gasteiger partial charge in [0.15, 0.2) is 5.17 Å². The van der Waals surface area contributed by atoms with Crippen LogP contribution >= 0.6 is 11.8 Å². The van der Waals surface area contributed by atoms with E-state index in [0.29, 0.717) is 6.04 Å². The summed E-state index contributed by atoms with van der Waals surface area (Å²) in [5.41, 5.74) is 8.68. The number of nitrogens with one attached hydrogen (secondary N) is 1. The predicted octanol–water partition coefficient (Wildman–Crippen LogP) is 3.81. The first-order valence-electron chi connectivity index (χ1n) is 6.91. The first-order valence-corrected chi connectivity index (χ1v) is 7.90. The summed E-state index contributed by atoms with van der Waals surface area (Å²) in [6.45, 7) is 14.3. The summed E-state index contributed by atoms with van der Waals surface area (Å²) >= 11 is 1.83. The van der Waals surface area contributed by atoms with Gasteiger partial charge in [-0.3, -0.25) is 4.99 Å². The third kappa shape index (κ3) is 2.81. The van der Waals surface area contributed by atoms with E-state index in [1.54, 1.807) is 0 Å². The zero-order valence-electron chi connectivity index (χ0n) is 12.8. The monoisotopic (exact) mass is 276 g/mol. The Morgan fingerprint density at radius 3 is 2.00 bits per heavy atom. The maximum atomic E-state index is 4.52. The van der Waals surface area contributed by atoms with Crippen molar-refractivity contribution in [3.8, 4) is 0 Å². The van der Waals surface area contributed by atoms with Gasteiger partial charge in [-0.25, -0.2) is 0 Å². The molecule has 0 saturated heterocycles. The molecule has 0 fully saturated rings. The van der Waals surface area contributed by atoms with Crippen LogP contribution in [0.25, 0.3) is 0 Å². The molecule has 1 unspecified atom stereocenters. The molecule has 104 valence electrons. The van der Waals surface area contributed by atoms with Crippen LogP contribution in [0.5, 0.6) is 0 Å². The van der Waals surface area contributed by atoms with Gasteiger partial charge in [0.1, 0.15) is 0 Å². The van der Waals surface area contributed by atoms with Gasteiger partial charge in [-0.2, -0.15) is 0 Å². The van der Waals surface area contributed by atoms with Crippen LogP contribution in [0.15, 0.2) is 4.99 Å². The molecule has 1 N–H and O–H groups in total. The SMILES string of the molecule is Cc1c(C)c(C)c(CSC2=NCC(C)N2)c(C)c1C. The van der Waals surface area contributed by atoms with Crippen LogP contribution in [0, 0.1) is 34.6 Å². The molecule has 1 aliphatic heterocycles. The average molecular weight is 276 g/mol. The Morgan fingerprint density at radius 1 is 1.00 bits per heavy atom. The van der Waals surface area contributed by atoms with E-state index in [2.05, 4.69) is 51.9 Å². The van der Waals surface area contributed by atoms with Crippen LogP contribution < -0.4 is 5.32 Å². The van der Waals surface area contributed by atoms with E-state index in [9.17, 15) is 0 Å². The van der Waals surface area contributed by atoms with Gasteiger partial charge in [0.2, 0.25) is 0 Å². The minimum absolute atomic E-state index is 0.492. The minimum atomic E-state index is 0.492. The molecule has 2 rings (SSSR count). The lowest BCUT2D eigenvalue weighted by atomic mass is 9.90. The van der Waals surface area contributed by atoms with Crippen molar-refractivity contribution < 1.29 is 0 Å². The van der Waals surface area contributed by atoms with Gasteiger partial charge in [0.25, 0.3) is 0 Å². The smallest absolute Gasteiger partial charge is 0.157 e. The van der Waals surface area contributed by atoms with E-state index < -0.39 is 0 Å². The molecule has 0 bridgehead atoms. The number of aliphatic imine (C=N–C) groups is 1. The number of nitrogens with zero attached hydrogens (tertiary/aromatic N) is 1. The number of benzene rings is 1. The summed E-state index contributed by atoms with van der Waals surface area (Å²) in [6, 6.07) is 0.492. The number of thioether (sulfide) groups is 1. The molecule has 1 aromatic rings. The van der Waals surface area contributed by atoms with Crippen molar-refractivity contribution in [2.75, 3.05) is 6.54 Å². The predicted molar refractivity (Wildman–Crippen MR) is 86.3 cm³/mol. The van der Waals surface area contributed by atoms with Crippen molar-refractivity contribution in [1.29, 1.82) is 0 Å². The normalized spacial score (nSPS) is 18.4. The second-order valence-electron chi connectivity index (χ2n) is 5.58. The van der Waals surface area contributed by atoms with Crippen molar-refractivity contribution >= 4 is 16.9 Å². The van der Waals surface area contributed by atoms with E-state index in [0.717, 1.165) is 17.5 Å². The highest BCUT2D eigenvalue weighted by molar-refractivity contribution is 8.13. The van der Waals surface area contributed by atoms with Crippen molar-refractivity contribution in [2.45, 2.75) is 53.3 Å². The van der Waals surface area contributed by atoms with Gasteiger partial charge in [0, 0.05) is 11.8 Å². The van der Waals surface area contributed by atoms with E-state index >= 15 is 0 Å². The zero-order valence-corrected chi connectivity index (χ0v) is 13.7. The van der Waals surface area contributed by atoms with Crippen LogP contribution in [0.3, 0.4) is 0 Å². The summed E-state index contributed by atoms with van der Waals surface area (Å²) in [5, 5.41) is 4.52. The van der Waals surface area contributed by atoms with Crippen LogP contribution in [-0.4, -0.2) is 17.8 Å². The van der Waals surface area contributed by atoms with Crippen LogP contribution in [0.1, 0.15) is 40.3 Å². The molecule has 3 heteroatoms. The van der Waals surface area contributed by atoms with Gasteiger partial charge in [-0.1, -0.05) is 11.8 Å². The van der Waals surface area contributed by atoms with E-state index in [-0.39, 0.29) is 0 Å². The molecule has 0 radical (unpaired) electrons. The fourth-order valence-corrected chi connectivity index (χ4v) is 3.71. The van der Waals surface area contributed by atoms with Gasteiger partial charge < -0.3 is 5.32 Å². The quantitative estimate of drug-likeness (QED) is 0.888. The Labute approximate surface area is 121 Å². The molecule has 0 amide bonds. The first kappa shape index (κ1) is 14.4. The molecule has 0 spiro atoms. The highest BCUT2D eigenvalue weighted by Crippen LogP contribution is 2.29. The van der Waals surface area contributed by atoms with Gasteiger partial charge in [-0.05, 0) is 74.9 Å². The maximum Gasteiger partial charge on any atom is 0.157 e. The molecule has 0 saturated carbocycles. The highest BCUT2D eigenvalue weighted by Gasteiger charge is 2.16. The molecule has 1 aliphatic rings. The van der Waals surface area contributed by atoms with E-state index in [4.69, 9.17) is 0 Å². The minimum Gasteiger partial charge on any atom is -0.361 e. The fraction of sp³-hybridized carbons (Fsp3) is 0.562. The second-order valence-corrected chi connectivity index (χ2v) is 6.55. The van der Waals surface area contributed by atoms with Gasteiger partial charge in [0.05, 0.1) is 6.54 Å². The molecule has 0 aromatic heterocycles. The maximum absolute atomic E-state index is 4.52. The lowest BCUT2D eigenvalue weighted by Gasteiger charge is -2.18. The zero-order chi connectivity index (χ0) is 14.2. The number of hydrogen-bond acceptors (Lipinski definition) is 3. The van der Waals surface area contributed by atoms with Gasteiger partial charge in [-0.15, -0.1) is 0 Å². The Hall–Kier alpha value is -0.960. The average Bonchev–Trinajstić information content (AvgIpc) is 2.80. The van der Waals surface area contributed by atoms with Crippen molar-refractivity contribution in [3.05, 3.63) is 33.4 Å². The Bertz CT molecular complexity index is 503. The molecular weight excluding hydrogens is 252 g/mol. The molecule has 0 aliphatic carbocycles. The fourth-order valence-electron chi connectivity index (χ4n) is 2.54. The third-order valence-corrected chi connectivity index (χ3v) is 5.34. The van der Waals surface area contributed by atoms with Crippen LogP contribution in [-0.2, 0) is 5.75 Å². The molecule has 1 heterocycles. The Balaban J connectivity index is 2.21. The number of hydrogen-bond donors (Lipinski definition) is 1. The van der Waals surface area contributed by atoms with E-state index in [1.165, 1.54) is 33.4 Å². The van der Waals surface area contributed by atoms with Crippen LogP contribution in [0.2, 0.25) is 0 Å². The van der Waals surface area contributed by atoms with Crippen molar-refractivity contribution in [2.24, 2.45) is 4.99 Å². The second kappa shape index (κ2) is 5.58. The van der Waals surface area contributed by atoms with Gasteiger partial charge >= 0.3 is 0 Å². The van der Waals surface area contributed by atoms with E-state index in [1.807, 2.05) is 11.8 Å². The summed E-state index contributed by atoms with van der Waals surface area (Å²) in [7, 11) is 0.